The number of halogens is 2. The van der Waals surface area contributed by atoms with Crippen LogP contribution in [0.1, 0.15) is 82.3 Å². The van der Waals surface area contributed by atoms with E-state index in [-0.39, 0.29) is 5.75 Å². The van der Waals surface area contributed by atoms with Crippen LogP contribution >= 0.6 is 0 Å². The summed E-state index contributed by atoms with van der Waals surface area (Å²) in [5, 5.41) is 0. The molecule has 0 amide bonds. The Labute approximate surface area is 139 Å². The Morgan fingerprint density at radius 2 is 1.74 bits per heavy atom. The Morgan fingerprint density at radius 1 is 1.04 bits per heavy atom. The van der Waals surface area contributed by atoms with E-state index in [1.807, 2.05) is 0 Å². The van der Waals surface area contributed by atoms with Crippen molar-refractivity contribution in [3.05, 3.63) is 28.8 Å². The van der Waals surface area contributed by atoms with Gasteiger partial charge in [0.05, 0.1) is 7.11 Å². The summed E-state index contributed by atoms with van der Waals surface area (Å²) in [6, 6.07) is 1.76. The molecule has 3 heteroatoms. The summed E-state index contributed by atoms with van der Waals surface area (Å²) in [6.07, 6.45) is 9.58. The van der Waals surface area contributed by atoms with Crippen LogP contribution in [0.25, 0.3) is 0 Å². The second-order valence-electron chi connectivity index (χ2n) is 6.88. The number of ether oxygens (including phenoxy) is 1. The second kappa shape index (κ2) is 8.65. The SMILES string of the molecule is CCCCc1c(C2CCC(CCC)CC2)cc(OC)c(F)c1F. The van der Waals surface area contributed by atoms with Gasteiger partial charge in [-0.2, -0.15) is 4.39 Å². The molecule has 0 unspecified atom stereocenters. The lowest BCUT2D eigenvalue weighted by Crippen LogP contribution is -2.16. The monoisotopic (exact) mass is 324 g/mol. The fraction of sp³-hybridized carbons (Fsp3) is 0.700. The first-order chi connectivity index (χ1) is 11.1. The topological polar surface area (TPSA) is 9.23 Å². The van der Waals surface area contributed by atoms with Gasteiger partial charge in [-0.15, -0.1) is 0 Å². The molecule has 2 rings (SSSR count). The normalized spacial score (nSPS) is 21.4. The zero-order valence-electron chi connectivity index (χ0n) is 14.8. The first-order valence-corrected chi connectivity index (χ1v) is 9.17. The summed E-state index contributed by atoms with van der Waals surface area (Å²) in [6.45, 7) is 4.31. The van der Waals surface area contributed by atoms with E-state index in [2.05, 4.69) is 13.8 Å². The van der Waals surface area contributed by atoms with Crippen molar-refractivity contribution in [1.29, 1.82) is 0 Å². The Balaban J connectivity index is 2.27. The van der Waals surface area contributed by atoms with Crippen LogP contribution in [0.4, 0.5) is 8.78 Å². The van der Waals surface area contributed by atoms with Crippen molar-refractivity contribution in [2.24, 2.45) is 5.92 Å². The zero-order valence-corrected chi connectivity index (χ0v) is 14.8. The molecule has 1 saturated carbocycles. The lowest BCUT2D eigenvalue weighted by atomic mass is 9.75. The van der Waals surface area contributed by atoms with Crippen LogP contribution in [-0.4, -0.2) is 7.11 Å². The van der Waals surface area contributed by atoms with E-state index in [9.17, 15) is 8.78 Å². The molecule has 1 nitrogen and oxygen atoms in total. The number of benzene rings is 1. The van der Waals surface area contributed by atoms with Crippen LogP contribution in [0, 0.1) is 17.6 Å². The molecule has 130 valence electrons. The summed E-state index contributed by atoms with van der Waals surface area (Å²) in [5.74, 6) is -0.319. The summed E-state index contributed by atoms with van der Waals surface area (Å²) in [7, 11) is 1.41. The van der Waals surface area contributed by atoms with Crippen molar-refractivity contribution < 1.29 is 13.5 Å². The van der Waals surface area contributed by atoms with Crippen molar-refractivity contribution >= 4 is 0 Å². The lowest BCUT2D eigenvalue weighted by molar-refractivity contribution is 0.304. The van der Waals surface area contributed by atoms with Crippen LogP contribution in [0.5, 0.6) is 5.75 Å². The maximum absolute atomic E-state index is 14.5. The molecular formula is C20H30F2O. The molecule has 0 aromatic heterocycles. The van der Waals surface area contributed by atoms with Gasteiger partial charge in [-0.25, -0.2) is 4.39 Å². The number of rotatable bonds is 7. The molecule has 23 heavy (non-hydrogen) atoms. The minimum Gasteiger partial charge on any atom is -0.494 e. The van der Waals surface area contributed by atoms with Gasteiger partial charge < -0.3 is 4.74 Å². The molecule has 1 aromatic carbocycles. The van der Waals surface area contributed by atoms with Crippen molar-refractivity contribution in [3.8, 4) is 5.75 Å². The Morgan fingerprint density at radius 3 is 2.30 bits per heavy atom. The van der Waals surface area contributed by atoms with Gasteiger partial charge in [0.15, 0.2) is 11.6 Å². The molecule has 0 aliphatic heterocycles. The molecule has 0 atom stereocenters. The van der Waals surface area contributed by atoms with Crippen molar-refractivity contribution in [1.82, 2.24) is 0 Å². The second-order valence-corrected chi connectivity index (χ2v) is 6.88. The number of unbranched alkanes of at least 4 members (excludes halogenated alkanes) is 1. The van der Waals surface area contributed by atoms with Crippen LogP contribution in [-0.2, 0) is 6.42 Å². The minimum atomic E-state index is -0.831. The average Bonchev–Trinajstić information content (AvgIpc) is 2.57. The highest BCUT2D eigenvalue weighted by molar-refractivity contribution is 5.41. The lowest BCUT2D eigenvalue weighted by Gasteiger charge is -2.30. The summed E-state index contributed by atoms with van der Waals surface area (Å²) < 4.78 is 33.7. The maximum Gasteiger partial charge on any atom is 0.200 e. The third kappa shape index (κ3) is 4.24. The molecule has 0 heterocycles. The van der Waals surface area contributed by atoms with Crippen LogP contribution in [0.2, 0.25) is 0 Å². The third-order valence-corrected chi connectivity index (χ3v) is 5.29. The van der Waals surface area contributed by atoms with Crippen molar-refractivity contribution in [3.63, 3.8) is 0 Å². The predicted molar refractivity (Wildman–Crippen MR) is 91.1 cm³/mol. The average molecular weight is 324 g/mol. The standard InChI is InChI=1S/C20H30F2O/c1-4-6-8-16-17(13-18(23-3)20(22)19(16)21)15-11-9-14(7-5-2)10-12-15/h13-15H,4-12H2,1-3H3. The molecular weight excluding hydrogens is 294 g/mol. The van der Waals surface area contributed by atoms with E-state index in [0.29, 0.717) is 17.9 Å². The van der Waals surface area contributed by atoms with Gasteiger partial charge >= 0.3 is 0 Å². The zero-order chi connectivity index (χ0) is 16.8. The smallest absolute Gasteiger partial charge is 0.200 e. The van der Waals surface area contributed by atoms with Crippen LogP contribution in [0.3, 0.4) is 0 Å². The van der Waals surface area contributed by atoms with Crippen molar-refractivity contribution in [2.45, 2.75) is 77.6 Å². The van der Waals surface area contributed by atoms with Gasteiger partial charge in [0.25, 0.3) is 0 Å². The molecule has 0 saturated heterocycles. The quantitative estimate of drug-likeness (QED) is 0.564. The third-order valence-electron chi connectivity index (χ3n) is 5.29. The Kier molecular flexibility index (Phi) is 6.86. The Bertz CT molecular complexity index is 505. The van der Waals surface area contributed by atoms with Gasteiger partial charge in [0, 0.05) is 0 Å². The van der Waals surface area contributed by atoms with Gasteiger partial charge in [0.1, 0.15) is 0 Å². The molecule has 1 fully saturated rings. The molecule has 1 aliphatic rings. The van der Waals surface area contributed by atoms with E-state index >= 15 is 0 Å². The number of hydrogen-bond acceptors (Lipinski definition) is 1. The first-order valence-electron chi connectivity index (χ1n) is 9.17. The van der Waals surface area contributed by atoms with E-state index in [4.69, 9.17) is 4.74 Å². The van der Waals surface area contributed by atoms with Gasteiger partial charge in [-0.1, -0.05) is 33.1 Å². The molecule has 1 aromatic rings. The van der Waals surface area contributed by atoms with Gasteiger partial charge in [0.2, 0.25) is 5.82 Å². The number of methoxy groups -OCH3 is 1. The van der Waals surface area contributed by atoms with Crippen molar-refractivity contribution in [2.75, 3.05) is 7.11 Å². The Hall–Kier alpha value is -1.12. The highest BCUT2D eigenvalue weighted by atomic mass is 19.2. The number of hydrogen-bond donors (Lipinski definition) is 0. The van der Waals surface area contributed by atoms with E-state index in [1.165, 1.54) is 32.8 Å². The predicted octanol–water partition coefficient (Wildman–Crippen LogP) is 6.39. The van der Waals surface area contributed by atoms with E-state index in [1.54, 1.807) is 6.07 Å². The summed E-state index contributed by atoms with van der Waals surface area (Å²) in [4.78, 5) is 0. The van der Waals surface area contributed by atoms with E-state index in [0.717, 1.165) is 37.2 Å². The highest BCUT2D eigenvalue weighted by Gasteiger charge is 2.27. The molecule has 0 N–H and O–H groups in total. The summed E-state index contributed by atoms with van der Waals surface area (Å²) >= 11 is 0. The molecule has 0 bridgehead atoms. The van der Waals surface area contributed by atoms with E-state index < -0.39 is 11.6 Å². The fourth-order valence-corrected chi connectivity index (χ4v) is 3.95. The van der Waals surface area contributed by atoms with Crippen LogP contribution < -0.4 is 4.74 Å². The van der Waals surface area contributed by atoms with Gasteiger partial charge in [-0.05, 0) is 67.6 Å². The molecule has 0 radical (unpaired) electrons. The molecule has 0 spiro atoms. The largest absolute Gasteiger partial charge is 0.494 e. The molecule has 1 aliphatic carbocycles. The van der Waals surface area contributed by atoms with Gasteiger partial charge in [-0.3, -0.25) is 0 Å². The van der Waals surface area contributed by atoms with Crippen LogP contribution in [0.15, 0.2) is 6.07 Å². The summed E-state index contributed by atoms with van der Waals surface area (Å²) in [5.41, 5.74) is 1.58. The minimum absolute atomic E-state index is 0.0495. The highest BCUT2D eigenvalue weighted by Crippen LogP contribution is 2.41. The maximum atomic E-state index is 14.5. The first kappa shape index (κ1) is 18.2. The fourth-order valence-electron chi connectivity index (χ4n) is 3.95.